The van der Waals surface area contributed by atoms with Crippen molar-refractivity contribution in [2.24, 2.45) is 5.92 Å². The van der Waals surface area contributed by atoms with Gasteiger partial charge in [0.1, 0.15) is 5.31 Å². The predicted octanol–water partition coefficient (Wildman–Crippen LogP) is 4.31. The van der Waals surface area contributed by atoms with Gasteiger partial charge in [0, 0.05) is 5.92 Å². The van der Waals surface area contributed by atoms with Gasteiger partial charge in [-0.05, 0) is 33.6 Å². The molecule has 0 spiro atoms. The Balaban J connectivity index is 2.90. The molecule has 1 saturated carbocycles. The van der Waals surface area contributed by atoms with Gasteiger partial charge in [-0.25, -0.2) is 0 Å². The van der Waals surface area contributed by atoms with Crippen molar-refractivity contribution in [1.82, 2.24) is 0 Å². The largest absolute Gasteiger partial charge is 0.364 e. The van der Waals surface area contributed by atoms with E-state index in [1.165, 1.54) is 6.42 Å². The Labute approximate surface area is 116 Å². The minimum atomic E-state index is -3.44. The van der Waals surface area contributed by atoms with Crippen molar-refractivity contribution in [3.05, 3.63) is 11.4 Å². The molecule has 0 aromatic rings. The number of allylic oxidation sites excluding steroid dienone is 2. The van der Waals surface area contributed by atoms with Crippen LogP contribution in [0.15, 0.2) is 11.4 Å². The summed E-state index contributed by atoms with van der Waals surface area (Å²) >= 11 is 0. The third-order valence-electron chi connectivity index (χ3n) is 3.40. The summed E-state index contributed by atoms with van der Waals surface area (Å²) < 4.78 is 23.3. The Hall–Kier alpha value is -0.440. The second kappa shape index (κ2) is 7.98. The summed E-state index contributed by atoms with van der Waals surface area (Å²) in [4.78, 5) is 12.5. The van der Waals surface area contributed by atoms with Crippen molar-refractivity contribution in [2.75, 3.05) is 13.2 Å². The Bertz CT molecular complexity index is 360. The molecule has 1 fully saturated rings. The lowest BCUT2D eigenvalue weighted by Crippen LogP contribution is -2.20. The first-order valence-electron chi connectivity index (χ1n) is 7.19. The molecule has 110 valence electrons. The Morgan fingerprint density at radius 3 is 2.11 bits per heavy atom. The molecule has 0 aliphatic heterocycles. The van der Waals surface area contributed by atoms with Gasteiger partial charge < -0.3 is 9.05 Å². The Morgan fingerprint density at radius 1 is 1.16 bits per heavy atom. The molecule has 0 radical (unpaired) electrons. The van der Waals surface area contributed by atoms with E-state index in [-0.39, 0.29) is 30.2 Å². The Morgan fingerprint density at radius 2 is 1.68 bits per heavy atom. The zero-order chi connectivity index (χ0) is 14.3. The van der Waals surface area contributed by atoms with Crippen LogP contribution in [0, 0.1) is 5.92 Å². The van der Waals surface area contributed by atoms with Crippen LogP contribution in [0.3, 0.4) is 0 Å². The maximum atomic E-state index is 12.7. The number of carbonyl (C=O) groups excluding carboxylic acids is 1. The number of ketones is 1. The molecule has 1 rings (SSSR count). The number of carbonyl (C=O) groups is 1. The van der Waals surface area contributed by atoms with Crippen LogP contribution in [0.2, 0.25) is 0 Å². The first-order valence-corrected chi connectivity index (χ1v) is 8.73. The summed E-state index contributed by atoms with van der Waals surface area (Å²) in [7, 11) is -3.44. The van der Waals surface area contributed by atoms with Crippen LogP contribution in [-0.2, 0) is 18.4 Å². The van der Waals surface area contributed by atoms with Crippen molar-refractivity contribution in [3.63, 3.8) is 0 Å². The van der Waals surface area contributed by atoms with Gasteiger partial charge >= 0.3 is 7.60 Å². The Kier molecular flexibility index (Phi) is 6.98. The van der Waals surface area contributed by atoms with Gasteiger partial charge in [0.05, 0.1) is 13.2 Å². The first kappa shape index (κ1) is 16.6. The summed E-state index contributed by atoms with van der Waals surface area (Å²) in [6, 6.07) is 0. The average Bonchev–Trinajstić information content (AvgIpc) is 2.40. The van der Waals surface area contributed by atoms with Gasteiger partial charge in [-0.1, -0.05) is 25.3 Å². The number of Topliss-reactive ketones (excluding diaryl/α,β-unsaturated/α-hetero) is 1. The van der Waals surface area contributed by atoms with E-state index in [0.717, 1.165) is 25.7 Å². The molecular weight excluding hydrogens is 263 g/mol. The molecule has 0 aromatic carbocycles. The molecule has 0 aromatic heterocycles. The van der Waals surface area contributed by atoms with Crippen molar-refractivity contribution in [3.8, 4) is 0 Å². The molecule has 19 heavy (non-hydrogen) atoms. The molecule has 0 saturated heterocycles. The zero-order valence-electron chi connectivity index (χ0n) is 12.2. The van der Waals surface area contributed by atoms with E-state index in [4.69, 9.17) is 9.05 Å². The number of hydrogen-bond acceptors (Lipinski definition) is 4. The lowest BCUT2D eigenvalue weighted by Gasteiger charge is -2.25. The summed E-state index contributed by atoms with van der Waals surface area (Å²) in [6.07, 6.45) is 6.69. The lowest BCUT2D eigenvalue weighted by atomic mass is 9.86. The van der Waals surface area contributed by atoms with Crippen LogP contribution in [0.5, 0.6) is 0 Å². The van der Waals surface area contributed by atoms with E-state index in [1.54, 1.807) is 26.8 Å². The highest BCUT2D eigenvalue weighted by Gasteiger charge is 2.37. The second-order valence-electron chi connectivity index (χ2n) is 4.71. The summed E-state index contributed by atoms with van der Waals surface area (Å²) in [5, 5.41) is 0.239. The molecule has 1 aliphatic carbocycles. The maximum Gasteiger partial charge on any atom is 0.364 e. The average molecular weight is 288 g/mol. The number of hydrogen-bond donors (Lipinski definition) is 0. The molecule has 1 aliphatic rings. The van der Waals surface area contributed by atoms with Gasteiger partial charge in [0.25, 0.3) is 0 Å². The van der Waals surface area contributed by atoms with Crippen LogP contribution < -0.4 is 0 Å². The van der Waals surface area contributed by atoms with E-state index in [2.05, 4.69) is 0 Å². The highest BCUT2D eigenvalue weighted by molar-refractivity contribution is 7.60. The fourth-order valence-corrected chi connectivity index (χ4v) is 4.33. The molecule has 0 bridgehead atoms. The smallest absolute Gasteiger partial charge is 0.305 e. The standard InChI is InChI=1S/C14H25O4P/c1-4-13(19(16,17-5-2)18-6-3)14(15)12-10-8-7-9-11-12/h4,12H,5-11H2,1-3H3/b13-4-. The molecule has 4 nitrogen and oxygen atoms in total. The lowest BCUT2D eigenvalue weighted by molar-refractivity contribution is -0.119. The van der Waals surface area contributed by atoms with Crippen molar-refractivity contribution < 1.29 is 18.4 Å². The van der Waals surface area contributed by atoms with Gasteiger partial charge in [-0.2, -0.15) is 0 Å². The summed E-state index contributed by atoms with van der Waals surface area (Å²) in [5.41, 5.74) is 0. The minimum Gasteiger partial charge on any atom is -0.305 e. The van der Waals surface area contributed by atoms with Crippen molar-refractivity contribution in [2.45, 2.75) is 52.9 Å². The first-order chi connectivity index (χ1) is 9.09. The van der Waals surface area contributed by atoms with Crippen LogP contribution in [-0.4, -0.2) is 19.0 Å². The summed E-state index contributed by atoms with van der Waals surface area (Å²) in [5.74, 6) is -0.0679. The van der Waals surface area contributed by atoms with Crippen LogP contribution in [0.25, 0.3) is 0 Å². The minimum absolute atomic E-state index is 0.0193. The topological polar surface area (TPSA) is 52.6 Å². The quantitative estimate of drug-likeness (QED) is 0.517. The maximum absolute atomic E-state index is 12.7. The summed E-state index contributed by atoms with van der Waals surface area (Å²) in [6.45, 7) is 5.77. The van der Waals surface area contributed by atoms with Crippen LogP contribution >= 0.6 is 7.60 Å². The third kappa shape index (κ3) is 4.27. The molecule has 0 N–H and O–H groups in total. The van der Waals surface area contributed by atoms with Crippen LogP contribution in [0.1, 0.15) is 52.9 Å². The predicted molar refractivity (Wildman–Crippen MR) is 76.2 cm³/mol. The van der Waals surface area contributed by atoms with E-state index in [0.29, 0.717) is 0 Å². The van der Waals surface area contributed by atoms with Gasteiger partial charge in [0.15, 0.2) is 5.78 Å². The van der Waals surface area contributed by atoms with Gasteiger partial charge in [-0.3, -0.25) is 9.36 Å². The normalized spacial score (nSPS) is 18.6. The van der Waals surface area contributed by atoms with Crippen LogP contribution in [0.4, 0.5) is 0 Å². The number of rotatable bonds is 7. The highest BCUT2D eigenvalue weighted by atomic mass is 31.2. The second-order valence-corrected chi connectivity index (χ2v) is 6.70. The monoisotopic (exact) mass is 288 g/mol. The van der Waals surface area contributed by atoms with Gasteiger partial charge in [-0.15, -0.1) is 0 Å². The molecule has 5 heteroatoms. The van der Waals surface area contributed by atoms with Gasteiger partial charge in [0.2, 0.25) is 0 Å². The zero-order valence-corrected chi connectivity index (χ0v) is 13.1. The molecule has 0 atom stereocenters. The van der Waals surface area contributed by atoms with Crippen molar-refractivity contribution in [1.29, 1.82) is 0 Å². The SMILES string of the molecule is C/C=C(/C(=O)C1CCCCC1)P(=O)(OCC)OCC. The third-order valence-corrected chi connectivity index (χ3v) is 5.66. The molecule has 0 heterocycles. The molecule has 0 amide bonds. The van der Waals surface area contributed by atoms with E-state index in [1.807, 2.05) is 0 Å². The molecular formula is C14H25O4P. The van der Waals surface area contributed by atoms with E-state index in [9.17, 15) is 9.36 Å². The van der Waals surface area contributed by atoms with E-state index < -0.39 is 7.60 Å². The van der Waals surface area contributed by atoms with Crippen molar-refractivity contribution >= 4 is 13.4 Å². The fourth-order valence-electron chi connectivity index (χ4n) is 2.53. The molecule has 0 unspecified atom stereocenters. The highest BCUT2D eigenvalue weighted by Crippen LogP contribution is 2.57. The fraction of sp³-hybridized carbons (Fsp3) is 0.786. The van der Waals surface area contributed by atoms with E-state index >= 15 is 0 Å².